The average molecular weight is 536 g/mol. The van der Waals surface area contributed by atoms with Gasteiger partial charge in [-0.2, -0.15) is 4.90 Å². The van der Waals surface area contributed by atoms with Gasteiger partial charge in [-0.25, -0.2) is 4.79 Å². The van der Waals surface area contributed by atoms with Crippen LogP contribution >= 0.6 is 23.2 Å². The molecule has 1 aromatic rings. The highest BCUT2D eigenvalue weighted by Gasteiger charge is 2.76. The number of fused-ring (bicyclic) bond motifs is 4. The molecule has 5 rings (SSSR count). The van der Waals surface area contributed by atoms with Crippen LogP contribution in [0.5, 0.6) is 11.5 Å². The Labute approximate surface area is 215 Å². The van der Waals surface area contributed by atoms with Crippen LogP contribution in [-0.4, -0.2) is 68.0 Å². The second kappa shape index (κ2) is 7.94. The standard InChI is InChI=1S/C24H23Cl2N3O7/c1-3-36-14-6-4-5-12(17(14)30)16-10-7-8-11-15(19(32)29(18(11)31)22(27)35)13(10)9-23(25)20(33)28(2)21(34)24(16,23)26/h4-7,11,13,15-16,30H,3,8-9H2,1-2H3,(H2,27,35). The summed E-state index contributed by atoms with van der Waals surface area (Å²) < 4.78 is 5.52. The van der Waals surface area contributed by atoms with Crippen molar-refractivity contribution in [3.05, 3.63) is 35.4 Å². The molecule has 3 N–H and O–H groups in total. The van der Waals surface area contributed by atoms with E-state index >= 15 is 0 Å². The topological polar surface area (TPSA) is 147 Å². The predicted octanol–water partition coefficient (Wildman–Crippen LogP) is 1.86. The number of rotatable bonds is 3. The number of imide groups is 4. The molecule has 6 unspecified atom stereocenters. The van der Waals surface area contributed by atoms with Crippen LogP contribution in [0.2, 0.25) is 0 Å². The van der Waals surface area contributed by atoms with Crippen LogP contribution in [0.25, 0.3) is 0 Å². The van der Waals surface area contributed by atoms with E-state index in [1.165, 1.54) is 7.05 Å². The lowest BCUT2D eigenvalue weighted by atomic mass is 9.56. The van der Waals surface area contributed by atoms with Crippen molar-refractivity contribution in [1.82, 2.24) is 9.80 Å². The fourth-order valence-corrected chi connectivity index (χ4v) is 7.36. The van der Waals surface area contributed by atoms with Crippen molar-refractivity contribution in [3.8, 4) is 11.5 Å². The molecule has 0 bridgehead atoms. The number of hydrogen-bond donors (Lipinski definition) is 2. The van der Waals surface area contributed by atoms with Gasteiger partial charge in [-0.3, -0.25) is 24.1 Å². The van der Waals surface area contributed by atoms with Gasteiger partial charge < -0.3 is 15.6 Å². The number of para-hydroxylation sites is 1. The van der Waals surface area contributed by atoms with Crippen molar-refractivity contribution in [2.24, 2.45) is 23.5 Å². The summed E-state index contributed by atoms with van der Waals surface area (Å²) in [5, 5.41) is 11.1. The Morgan fingerprint density at radius 2 is 1.86 bits per heavy atom. The Morgan fingerprint density at radius 3 is 2.50 bits per heavy atom. The maximum absolute atomic E-state index is 13.5. The third-order valence-corrected chi connectivity index (χ3v) is 9.29. The number of primary amides is 1. The van der Waals surface area contributed by atoms with Gasteiger partial charge in [0.05, 0.1) is 18.4 Å². The molecule has 4 aliphatic rings. The second-order valence-corrected chi connectivity index (χ2v) is 10.7. The number of carbonyl (C=O) groups excluding carboxylic acids is 5. The minimum atomic E-state index is -2.03. The minimum absolute atomic E-state index is 0.0769. The number of likely N-dealkylation sites (tertiary alicyclic amines) is 2. The minimum Gasteiger partial charge on any atom is -0.504 e. The number of carbonyl (C=O) groups is 5. The molecule has 0 aromatic heterocycles. The van der Waals surface area contributed by atoms with Crippen LogP contribution in [0, 0.1) is 17.8 Å². The van der Waals surface area contributed by atoms with Crippen LogP contribution in [0.15, 0.2) is 29.8 Å². The van der Waals surface area contributed by atoms with Gasteiger partial charge in [-0.15, -0.1) is 23.2 Å². The molecular weight excluding hydrogens is 513 g/mol. The Bertz CT molecular complexity index is 1280. The first-order valence-corrected chi connectivity index (χ1v) is 12.2. The van der Waals surface area contributed by atoms with Crippen LogP contribution in [0.3, 0.4) is 0 Å². The first-order chi connectivity index (χ1) is 16.9. The van der Waals surface area contributed by atoms with Gasteiger partial charge in [0.1, 0.15) is 0 Å². The predicted molar refractivity (Wildman–Crippen MR) is 126 cm³/mol. The fourth-order valence-electron chi connectivity index (χ4n) is 6.35. The first-order valence-electron chi connectivity index (χ1n) is 11.4. The first kappa shape index (κ1) is 24.6. The number of allylic oxidation sites excluding steroid dienone is 2. The molecule has 6 atom stereocenters. The van der Waals surface area contributed by atoms with E-state index in [1.54, 1.807) is 31.2 Å². The van der Waals surface area contributed by atoms with Gasteiger partial charge in [0.25, 0.3) is 11.8 Å². The van der Waals surface area contributed by atoms with Gasteiger partial charge in [0.15, 0.2) is 21.2 Å². The van der Waals surface area contributed by atoms with Crippen molar-refractivity contribution in [1.29, 1.82) is 0 Å². The zero-order valence-electron chi connectivity index (χ0n) is 19.4. The highest BCUT2D eigenvalue weighted by Crippen LogP contribution is 2.66. The zero-order chi connectivity index (χ0) is 26.3. The Kier molecular flexibility index (Phi) is 5.42. The molecule has 0 radical (unpaired) electrons. The van der Waals surface area contributed by atoms with Crippen LogP contribution in [0.4, 0.5) is 4.79 Å². The number of urea groups is 1. The Morgan fingerprint density at radius 1 is 1.17 bits per heavy atom. The summed E-state index contributed by atoms with van der Waals surface area (Å²) in [4.78, 5) is 62.1. The highest BCUT2D eigenvalue weighted by atomic mass is 35.5. The summed E-state index contributed by atoms with van der Waals surface area (Å²) in [6, 6.07) is 3.51. The molecule has 6 amide bonds. The number of halogens is 2. The van der Waals surface area contributed by atoms with Crippen molar-refractivity contribution in [2.45, 2.75) is 35.4 Å². The summed E-state index contributed by atoms with van der Waals surface area (Å²) in [5.74, 6) is -7.01. The summed E-state index contributed by atoms with van der Waals surface area (Å²) in [5.41, 5.74) is 5.98. The molecule has 1 aromatic carbocycles. The molecule has 2 aliphatic carbocycles. The number of ether oxygens (including phenoxy) is 1. The van der Waals surface area contributed by atoms with Crippen molar-refractivity contribution < 1.29 is 33.8 Å². The lowest BCUT2D eigenvalue weighted by molar-refractivity contribution is -0.139. The van der Waals surface area contributed by atoms with E-state index in [-0.39, 0.29) is 36.5 Å². The number of amides is 6. The normalized spacial score (nSPS) is 35.4. The second-order valence-electron chi connectivity index (χ2n) is 9.48. The highest BCUT2D eigenvalue weighted by molar-refractivity contribution is 6.53. The molecular formula is C24H23Cl2N3O7. The molecule has 2 saturated heterocycles. The van der Waals surface area contributed by atoms with E-state index in [4.69, 9.17) is 33.7 Å². The molecule has 1 saturated carbocycles. The smallest absolute Gasteiger partial charge is 0.328 e. The summed E-state index contributed by atoms with van der Waals surface area (Å²) in [6.45, 7) is 1.99. The molecule has 12 heteroatoms. The number of aromatic hydroxyl groups is 1. The van der Waals surface area contributed by atoms with Crippen LogP contribution in [0.1, 0.15) is 31.2 Å². The number of benzene rings is 1. The molecule has 3 fully saturated rings. The van der Waals surface area contributed by atoms with Gasteiger partial charge in [-0.1, -0.05) is 23.8 Å². The van der Waals surface area contributed by atoms with E-state index in [1.807, 2.05) is 0 Å². The number of nitrogens with two attached hydrogens (primary N) is 1. The zero-order valence-corrected chi connectivity index (χ0v) is 20.9. The third kappa shape index (κ3) is 2.82. The number of nitrogens with zero attached hydrogens (tertiary/aromatic N) is 2. The van der Waals surface area contributed by atoms with Crippen molar-refractivity contribution >= 4 is 52.9 Å². The summed E-state index contributed by atoms with van der Waals surface area (Å²) in [6.07, 6.45) is 1.54. The largest absolute Gasteiger partial charge is 0.504 e. The van der Waals surface area contributed by atoms with E-state index in [0.29, 0.717) is 10.5 Å². The monoisotopic (exact) mass is 535 g/mol. The molecule has 2 heterocycles. The maximum atomic E-state index is 13.5. The molecule has 36 heavy (non-hydrogen) atoms. The fraction of sp³-hybridized carbons (Fsp3) is 0.458. The average Bonchev–Trinajstić information content (AvgIpc) is 3.16. The molecule has 10 nitrogen and oxygen atoms in total. The van der Waals surface area contributed by atoms with Crippen molar-refractivity contribution in [2.75, 3.05) is 13.7 Å². The van der Waals surface area contributed by atoms with Crippen molar-refractivity contribution in [3.63, 3.8) is 0 Å². The molecule has 2 aliphatic heterocycles. The summed E-state index contributed by atoms with van der Waals surface area (Å²) in [7, 11) is 1.27. The van der Waals surface area contributed by atoms with E-state index in [0.717, 1.165) is 4.90 Å². The van der Waals surface area contributed by atoms with Gasteiger partial charge in [0.2, 0.25) is 11.8 Å². The van der Waals surface area contributed by atoms with E-state index < -0.39 is 63.1 Å². The summed E-state index contributed by atoms with van der Waals surface area (Å²) >= 11 is 14.0. The lowest BCUT2D eigenvalue weighted by Crippen LogP contribution is -2.60. The Hall–Kier alpha value is -3.11. The van der Waals surface area contributed by atoms with E-state index in [9.17, 15) is 29.1 Å². The van der Waals surface area contributed by atoms with Gasteiger partial charge >= 0.3 is 6.03 Å². The van der Waals surface area contributed by atoms with Crippen LogP contribution < -0.4 is 10.5 Å². The quantitative estimate of drug-likeness (QED) is 0.341. The number of alkyl halides is 2. The number of phenolic OH excluding ortho intramolecular Hbond substituents is 1. The maximum Gasteiger partial charge on any atom is 0.328 e. The van der Waals surface area contributed by atoms with Gasteiger partial charge in [-0.05, 0) is 31.7 Å². The molecule has 0 spiro atoms. The molecule has 190 valence electrons. The van der Waals surface area contributed by atoms with E-state index in [2.05, 4.69) is 0 Å². The number of phenols is 1. The van der Waals surface area contributed by atoms with Gasteiger partial charge in [0, 0.05) is 18.5 Å². The van der Waals surface area contributed by atoms with Crippen LogP contribution in [-0.2, 0) is 19.2 Å². The SMILES string of the molecule is CCOc1cccc(C2C3=CCC4C(=O)N(C(N)=O)C(=O)C4C3CC3(Cl)C(=O)N(C)C(=O)C23Cl)c1O. The lowest BCUT2D eigenvalue weighted by Gasteiger charge is -2.50. The Balaban J connectivity index is 1.75. The number of hydrogen-bond acceptors (Lipinski definition) is 7. The third-order valence-electron chi connectivity index (χ3n) is 7.88.